The molecule has 0 saturated carbocycles. The molecule has 5 nitrogen and oxygen atoms in total. The molecule has 1 fully saturated rings. The molecule has 2 N–H and O–H groups in total. The predicted molar refractivity (Wildman–Crippen MR) is 81.0 cm³/mol. The molecule has 0 aliphatic carbocycles. The number of hydrogen-bond acceptors (Lipinski definition) is 3. The van der Waals surface area contributed by atoms with E-state index in [1.165, 1.54) is 11.1 Å². The zero-order valence-electron chi connectivity index (χ0n) is 12.7. The van der Waals surface area contributed by atoms with Crippen molar-refractivity contribution in [2.24, 2.45) is 0 Å². The smallest absolute Gasteiger partial charge is 0.252 e. The van der Waals surface area contributed by atoms with Gasteiger partial charge in [0, 0.05) is 6.61 Å². The normalized spacial score (nSPS) is 21.9. The minimum absolute atomic E-state index is 0.0622. The Hall–Kier alpha value is -1.88. The first-order valence-corrected chi connectivity index (χ1v) is 7.36. The number of rotatable bonds is 3. The molecule has 21 heavy (non-hydrogen) atoms. The fourth-order valence-corrected chi connectivity index (χ4v) is 2.72. The fourth-order valence-electron chi connectivity index (χ4n) is 2.72. The summed E-state index contributed by atoms with van der Waals surface area (Å²) in [6, 6.07) is 4.15. The number of carbonyl (C=O) groups is 1. The van der Waals surface area contributed by atoms with Crippen LogP contribution in [0.5, 0.6) is 0 Å². The zero-order chi connectivity index (χ0) is 15.0. The summed E-state index contributed by atoms with van der Waals surface area (Å²) in [5.41, 5.74) is 3.71. The van der Waals surface area contributed by atoms with Gasteiger partial charge in [0.25, 0.3) is 5.91 Å². The molecule has 0 bridgehead atoms. The van der Waals surface area contributed by atoms with Crippen LogP contribution in [0, 0.1) is 13.8 Å². The summed E-state index contributed by atoms with van der Waals surface area (Å²) in [5.74, 6) is 0.706. The van der Waals surface area contributed by atoms with Crippen molar-refractivity contribution in [3.63, 3.8) is 0 Å². The lowest BCUT2D eigenvalue weighted by Gasteiger charge is -2.21. The summed E-state index contributed by atoms with van der Waals surface area (Å²) in [7, 11) is 0. The van der Waals surface area contributed by atoms with Gasteiger partial charge in [0.1, 0.15) is 11.4 Å². The van der Waals surface area contributed by atoms with Crippen LogP contribution in [0.3, 0.4) is 0 Å². The van der Waals surface area contributed by atoms with Crippen molar-refractivity contribution in [1.29, 1.82) is 0 Å². The third-order valence-corrected chi connectivity index (χ3v) is 4.26. The largest absolute Gasteiger partial charge is 0.365 e. The second-order valence-electron chi connectivity index (χ2n) is 6.00. The van der Waals surface area contributed by atoms with Gasteiger partial charge < -0.3 is 15.0 Å². The number of H-pyrrole nitrogens is 1. The van der Waals surface area contributed by atoms with Crippen molar-refractivity contribution >= 4 is 16.9 Å². The van der Waals surface area contributed by atoms with E-state index < -0.39 is 5.60 Å². The average Bonchev–Trinajstić information content (AvgIpc) is 3.04. The number of benzene rings is 1. The number of carbonyl (C=O) groups excluding carboxylic acids is 1. The summed E-state index contributed by atoms with van der Waals surface area (Å²) in [4.78, 5) is 20.0. The monoisotopic (exact) mass is 287 g/mol. The molecule has 3 rings (SSSR count). The summed E-state index contributed by atoms with van der Waals surface area (Å²) in [6.45, 7) is 7.05. The second-order valence-corrected chi connectivity index (χ2v) is 6.00. The van der Waals surface area contributed by atoms with Gasteiger partial charge in [-0.1, -0.05) is 0 Å². The quantitative estimate of drug-likeness (QED) is 0.910. The molecule has 5 heteroatoms. The Morgan fingerprint density at radius 1 is 1.43 bits per heavy atom. The van der Waals surface area contributed by atoms with E-state index in [0.717, 1.165) is 29.7 Å². The lowest BCUT2D eigenvalue weighted by Crippen LogP contribution is -2.43. The number of amides is 1. The molecule has 2 heterocycles. The summed E-state index contributed by atoms with van der Waals surface area (Å²) in [6.07, 6.45) is 1.71. The van der Waals surface area contributed by atoms with Gasteiger partial charge in [0.2, 0.25) is 0 Å². The van der Waals surface area contributed by atoms with Crippen molar-refractivity contribution in [1.82, 2.24) is 15.3 Å². The zero-order valence-corrected chi connectivity index (χ0v) is 12.7. The van der Waals surface area contributed by atoms with Crippen LogP contribution in [0.15, 0.2) is 12.1 Å². The molecule has 1 unspecified atom stereocenters. The van der Waals surface area contributed by atoms with E-state index in [1.807, 2.05) is 6.92 Å². The Morgan fingerprint density at radius 3 is 2.90 bits per heavy atom. The molecule has 1 aromatic carbocycles. The summed E-state index contributed by atoms with van der Waals surface area (Å²) < 4.78 is 5.54. The van der Waals surface area contributed by atoms with Gasteiger partial charge in [-0.05, 0) is 56.9 Å². The minimum Gasteiger partial charge on any atom is -0.365 e. The second kappa shape index (κ2) is 5.15. The molecule has 1 aliphatic heterocycles. The van der Waals surface area contributed by atoms with E-state index in [1.54, 1.807) is 0 Å². The Kier molecular flexibility index (Phi) is 3.45. The molecular formula is C16H21N3O2. The van der Waals surface area contributed by atoms with E-state index in [0.29, 0.717) is 13.2 Å². The van der Waals surface area contributed by atoms with E-state index in [4.69, 9.17) is 4.74 Å². The van der Waals surface area contributed by atoms with Crippen LogP contribution >= 0.6 is 0 Å². The molecule has 1 atom stereocenters. The number of aryl methyl sites for hydroxylation is 2. The van der Waals surface area contributed by atoms with Crippen LogP contribution in [0.1, 0.15) is 36.7 Å². The van der Waals surface area contributed by atoms with Crippen LogP contribution in [-0.2, 0) is 16.1 Å². The fraction of sp³-hybridized carbons (Fsp3) is 0.500. The van der Waals surface area contributed by atoms with Gasteiger partial charge in [0.15, 0.2) is 0 Å². The number of fused-ring (bicyclic) bond motifs is 1. The van der Waals surface area contributed by atoms with Gasteiger partial charge >= 0.3 is 0 Å². The van der Waals surface area contributed by atoms with Crippen molar-refractivity contribution in [2.45, 2.75) is 45.8 Å². The Morgan fingerprint density at radius 2 is 2.19 bits per heavy atom. The Balaban J connectivity index is 1.72. The maximum absolute atomic E-state index is 12.2. The number of hydrogen-bond donors (Lipinski definition) is 2. The first-order chi connectivity index (χ1) is 9.98. The highest BCUT2D eigenvalue weighted by Gasteiger charge is 2.37. The molecule has 1 aliphatic rings. The predicted octanol–water partition coefficient (Wildman–Crippen LogP) is 2.37. The first kappa shape index (κ1) is 14.1. The molecule has 0 radical (unpaired) electrons. The van der Waals surface area contributed by atoms with Crippen molar-refractivity contribution in [2.75, 3.05) is 6.61 Å². The van der Waals surface area contributed by atoms with E-state index in [2.05, 4.69) is 41.3 Å². The van der Waals surface area contributed by atoms with Crippen molar-refractivity contribution in [3.8, 4) is 0 Å². The third-order valence-electron chi connectivity index (χ3n) is 4.26. The van der Waals surface area contributed by atoms with Gasteiger partial charge in [-0.3, -0.25) is 4.79 Å². The molecule has 1 saturated heterocycles. The van der Waals surface area contributed by atoms with Gasteiger partial charge in [-0.25, -0.2) is 4.98 Å². The van der Waals surface area contributed by atoms with Crippen LogP contribution in [0.4, 0.5) is 0 Å². The van der Waals surface area contributed by atoms with E-state index in [-0.39, 0.29) is 5.91 Å². The van der Waals surface area contributed by atoms with Crippen LogP contribution in [0.2, 0.25) is 0 Å². The highest BCUT2D eigenvalue weighted by atomic mass is 16.5. The number of nitrogens with one attached hydrogen (secondary N) is 2. The lowest BCUT2D eigenvalue weighted by molar-refractivity contribution is -0.139. The molecule has 1 amide bonds. The molecular weight excluding hydrogens is 266 g/mol. The highest BCUT2D eigenvalue weighted by molar-refractivity contribution is 5.85. The number of aromatic nitrogens is 2. The molecule has 112 valence electrons. The van der Waals surface area contributed by atoms with E-state index in [9.17, 15) is 4.79 Å². The number of ether oxygens (including phenoxy) is 1. The maximum Gasteiger partial charge on any atom is 0.252 e. The summed E-state index contributed by atoms with van der Waals surface area (Å²) >= 11 is 0. The number of imidazole rings is 1. The summed E-state index contributed by atoms with van der Waals surface area (Å²) in [5, 5.41) is 2.91. The standard InChI is InChI=1S/C16H21N3O2/c1-10-7-12-13(8-11(10)2)19-14(18-12)9-17-15(20)16(3)5-4-6-21-16/h7-8H,4-6,9H2,1-3H3,(H,17,20)(H,18,19). The first-order valence-electron chi connectivity index (χ1n) is 7.36. The van der Waals surface area contributed by atoms with Crippen molar-refractivity contribution in [3.05, 3.63) is 29.1 Å². The molecule has 0 spiro atoms. The van der Waals surface area contributed by atoms with Crippen molar-refractivity contribution < 1.29 is 9.53 Å². The number of aromatic amines is 1. The van der Waals surface area contributed by atoms with Crippen LogP contribution in [-0.4, -0.2) is 28.1 Å². The van der Waals surface area contributed by atoms with Crippen LogP contribution in [0.25, 0.3) is 11.0 Å². The lowest BCUT2D eigenvalue weighted by atomic mass is 10.0. The van der Waals surface area contributed by atoms with Gasteiger partial charge in [-0.2, -0.15) is 0 Å². The van der Waals surface area contributed by atoms with Gasteiger partial charge in [-0.15, -0.1) is 0 Å². The SMILES string of the molecule is Cc1cc2nc(CNC(=O)C3(C)CCCO3)[nH]c2cc1C. The van der Waals surface area contributed by atoms with E-state index >= 15 is 0 Å². The average molecular weight is 287 g/mol. The Bertz CT molecular complexity index is 645. The maximum atomic E-state index is 12.2. The molecule has 2 aromatic rings. The topological polar surface area (TPSA) is 67.0 Å². The minimum atomic E-state index is -0.681. The Labute approximate surface area is 124 Å². The third kappa shape index (κ3) is 2.65. The highest BCUT2D eigenvalue weighted by Crippen LogP contribution is 2.25. The van der Waals surface area contributed by atoms with Gasteiger partial charge in [0.05, 0.1) is 17.6 Å². The molecule has 1 aromatic heterocycles. The number of nitrogens with zero attached hydrogens (tertiary/aromatic N) is 1. The van der Waals surface area contributed by atoms with Crippen LogP contribution < -0.4 is 5.32 Å².